The lowest BCUT2D eigenvalue weighted by Crippen LogP contribution is -3.13. The van der Waals surface area contributed by atoms with Crippen LogP contribution in [0.1, 0.15) is 47.6 Å². The molecule has 1 aromatic heterocycles. The standard InChI is InChI=1S/C22H29N3O3/c1-5-24(14-22(27)23-17-6-10-19(28-4)11-7-17)13-21(26)20-12-15(2)25(16(20)3)18-8-9-18/h6-7,10-12,18H,5,8-9,13-14H2,1-4H3,(H,23,27)/p+1. The minimum absolute atomic E-state index is 0.0988. The lowest BCUT2D eigenvalue weighted by atomic mass is 10.1. The zero-order valence-electron chi connectivity index (χ0n) is 17.2. The van der Waals surface area contributed by atoms with E-state index < -0.39 is 0 Å². The maximum atomic E-state index is 12.9. The molecule has 2 aromatic rings. The largest absolute Gasteiger partial charge is 0.497 e. The number of benzene rings is 1. The number of carbonyl (C=O) groups excluding carboxylic acids is 2. The zero-order valence-corrected chi connectivity index (χ0v) is 17.2. The SMILES string of the molecule is CC[NH+](CC(=O)Nc1ccc(OC)cc1)CC(=O)c1cc(C)n(C2CC2)c1C. The van der Waals surface area contributed by atoms with Gasteiger partial charge in [0.2, 0.25) is 5.78 Å². The summed E-state index contributed by atoms with van der Waals surface area (Å²) in [7, 11) is 1.61. The van der Waals surface area contributed by atoms with Gasteiger partial charge in [-0.15, -0.1) is 0 Å². The van der Waals surface area contributed by atoms with Gasteiger partial charge in [-0.2, -0.15) is 0 Å². The first-order valence-electron chi connectivity index (χ1n) is 9.92. The van der Waals surface area contributed by atoms with E-state index in [4.69, 9.17) is 4.74 Å². The Morgan fingerprint density at radius 1 is 1.18 bits per heavy atom. The number of aromatic nitrogens is 1. The number of aryl methyl sites for hydroxylation is 1. The molecule has 0 saturated heterocycles. The number of nitrogens with zero attached hydrogens (tertiary/aromatic N) is 1. The lowest BCUT2D eigenvalue weighted by molar-refractivity contribution is -0.881. The van der Waals surface area contributed by atoms with Gasteiger partial charge in [-0.25, -0.2) is 0 Å². The van der Waals surface area contributed by atoms with E-state index in [1.54, 1.807) is 31.4 Å². The molecule has 3 rings (SSSR count). The van der Waals surface area contributed by atoms with Gasteiger partial charge in [0.25, 0.3) is 5.91 Å². The fourth-order valence-corrected chi connectivity index (χ4v) is 3.70. The molecule has 6 nitrogen and oxygen atoms in total. The average molecular weight is 385 g/mol. The molecular formula is C22H30N3O3+. The number of anilines is 1. The fourth-order valence-electron chi connectivity index (χ4n) is 3.70. The van der Waals surface area contributed by atoms with Crippen molar-refractivity contribution in [2.45, 2.75) is 39.7 Å². The maximum Gasteiger partial charge on any atom is 0.279 e. The Balaban J connectivity index is 1.59. The number of quaternary nitrogens is 1. The van der Waals surface area contributed by atoms with E-state index in [0.29, 0.717) is 19.1 Å². The van der Waals surface area contributed by atoms with E-state index in [1.807, 2.05) is 19.9 Å². The summed E-state index contributed by atoms with van der Waals surface area (Å²) in [5.41, 5.74) is 3.73. The third kappa shape index (κ3) is 4.62. The molecule has 1 unspecified atom stereocenters. The Morgan fingerprint density at radius 3 is 2.43 bits per heavy atom. The van der Waals surface area contributed by atoms with E-state index in [2.05, 4.69) is 16.8 Å². The number of hydrogen-bond acceptors (Lipinski definition) is 3. The van der Waals surface area contributed by atoms with Crippen molar-refractivity contribution < 1.29 is 19.2 Å². The van der Waals surface area contributed by atoms with Crippen molar-refractivity contribution >= 4 is 17.4 Å². The number of amides is 1. The van der Waals surface area contributed by atoms with Crippen LogP contribution in [0.3, 0.4) is 0 Å². The topological polar surface area (TPSA) is 64.8 Å². The summed E-state index contributed by atoms with van der Waals surface area (Å²) < 4.78 is 7.41. The highest BCUT2D eigenvalue weighted by Crippen LogP contribution is 2.38. The van der Waals surface area contributed by atoms with Crippen LogP contribution in [0.25, 0.3) is 0 Å². The number of carbonyl (C=O) groups is 2. The number of methoxy groups -OCH3 is 1. The molecule has 1 saturated carbocycles. The summed E-state index contributed by atoms with van der Waals surface area (Å²) in [5, 5.41) is 2.89. The van der Waals surface area contributed by atoms with E-state index in [0.717, 1.165) is 33.3 Å². The smallest absolute Gasteiger partial charge is 0.279 e. The summed E-state index contributed by atoms with van der Waals surface area (Å²) in [5.74, 6) is 0.751. The van der Waals surface area contributed by atoms with Gasteiger partial charge in [0, 0.05) is 28.7 Å². The second-order valence-electron chi connectivity index (χ2n) is 7.54. The van der Waals surface area contributed by atoms with Crippen molar-refractivity contribution in [3.8, 4) is 5.75 Å². The van der Waals surface area contributed by atoms with Crippen LogP contribution in [0.5, 0.6) is 5.75 Å². The van der Waals surface area contributed by atoms with Gasteiger partial charge < -0.3 is 19.5 Å². The number of ether oxygens (including phenoxy) is 1. The normalized spacial score (nSPS) is 14.6. The van der Waals surface area contributed by atoms with Crippen molar-refractivity contribution in [3.05, 3.63) is 47.3 Å². The Labute approximate surface area is 166 Å². The first kappa shape index (κ1) is 20.1. The highest BCUT2D eigenvalue weighted by Gasteiger charge is 2.29. The molecule has 1 atom stereocenters. The third-order valence-electron chi connectivity index (χ3n) is 5.39. The van der Waals surface area contributed by atoms with Gasteiger partial charge in [0.1, 0.15) is 12.3 Å². The van der Waals surface area contributed by atoms with Crippen molar-refractivity contribution in [2.24, 2.45) is 0 Å². The van der Waals surface area contributed by atoms with Gasteiger partial charge in [0.05, 0.1) is 13.7 Å². The highest BCUT2D eigenvalue weighted by atomic mass is 16.5. The van der Waals surface area contributed by atoms with Crippen LogP contribution >= 0.6 is 0 Å². The van der Waals surface area contributed by atoms with Gasteiger partial charge in [-0.05, 0) is 63.9 Å². The van der Waals surface area contributed by atoms with Gasteiger partial charge in [0.15, 0.2) is 6.54 Å². The molecule has 1 fully saturated rings. The van der Waals surface area contributed by atoms with Gasteiger partial charge in [-0.1, -0.05) is 0 Å². The molecular weight excluding hydrogens is 354 g/mol. The number of Topliss-reactive ketones (excluding diaryl/α,β-unsaturated/α-hetero) is 1. The predicted molar refractivity (Wildman–Crippen MR) is 109 cm³/mol. The minimum Gasteiger partial charge on any atom is -0.497 e. The van der Waals surface area contributed by atoms with E-state index >= 15 is 0 Å². The number of ketones is 1. The Hall–Kier alpha value is -2.60. The molecule has 150 valence electrons. The van der Waals surface area contributed by atoms with Crippen LogP contribution in [-0.4, -0.2) is 43.0 Å². The Morgan fingerprint density at radius 2 is 1.86 bits per heavy atom. The molecule has 1 aliphatic carbocycles. The average Bonchev–Trinajstić information content (AvgIpc) is 3.46. The van der Waals surface area contributed by atoms with E-state index in [9.17, 15) is 9.59 Å². The molecule has 0 bridgehead atoms. The maximum absolute atomic E-state index is 12.9. The second-order valence-corrected chi connectivity index (χ2v) is 7.54. The summed E-state index contributed by atoms with van der Waals surface area (Å²) in [4.78, 5) is 26.2. The van der Waals surface area contributed by atoms with Crippen molar-refractivity contribution in [3.63, 3.8) is 0 Å². The lowest BCUT2D eigenvalue weighted by Gasteiger charge is -2.17. The van der Waals surface area contributed by atoms with E-state index in [-0.39, 0.29) is 18.2 Å². The first-order chi connectivity index (χ1) is 13.4. The van der Waals surface area contributed by atoms with Crippen LogP contribution in [0.2, 0.25) is 0 Å². The van der Waals surface area contributed by atoms with Crippen molar-refractivity contribution in [1.29, 1.82) is 0 Å². The molecule has 1 amide bonds. The van der Waals surface area contributed by atoms with Crippen LogP contribution in [0.4, 0.5) is 5.69 Å². The van der Waals surface area contributed by atoms with Crippen LogP contribution in [-0.2, 0) is 4.79 Å². The Kier molecular flexibility index (Phi) is 6.19. The second kappa shape index (κ2) is 8.61. The predicted octanol–water partition coefficient (Wildman–Crippen LogP) is 2.17. The van der Waals surface area contributed by atoms with E-state index in [1.165, 1.54) is 12.8 Å². The summed E-state index contributed by atoms with van der Waals surface area (Å²) in [6.07, 6.45) is 2.39. The molecule has 1 aliphatic rings. The molecule has 0 spiro atoms. The summed E-state index contributed by atoms with van der Waals surface area (Å²) in [6, 6.07) is 9.78. The molecule has 2 N–H and O–H groups in total. The molecule has 1 heterocycles. The molecule has 0 aliphatic heterocycles. The minimum atomic E-state index is -0.0988. The van der Waals surface area contributed by atoms with Crippen LogP contribution < -0.4 is 15.0 Å². The highest BCUT2D eigenvalue weighted by molar-refractivity contribution is 5.98. The van der Waals surface area contributed by atoms with Crippen molar-refractivity contribution in [1.82, 2.24) is 4.57 Å². The van der Waals surface area contributed by atoms with Crippen molar-refractivity contribution in [2.75, 3.05) is 32.1 Å². The quantitative estimate of drug-likeness (QED) is 0.652. The fraction of sp³-hybridized carbons (Fsp3) is 0.455. The Bertz CT molecular complexity index is 851. The summed E-state index contributed by atoms with van der Waals surface area (Å²) >= 11 is 0. The summed E-state index contributed by atoms with van der Waals surface area (Å²) in [6.45, 7) is 7.38. The molecule has 6 heteroatoms. The number of rotatable bonds is 9. The van der Waals surface area contributed by atoms with Crippen LogP contribution in [0.15, 0.2) is 30.3 Å². The van der Waals surface area contributed by atoms with Gasteiger partial charge in [-0.3, -0.25) is 9.59 Å². The zero-order chi connectivity index (χ0) is 20.3. The molecule has 0 radical (unpaired) electrons. The third-order valence-corrected chi connectivity index (χ3v) is 5.39. The number of likely N-dealkylation sites (N-methyl/N-ethyl adjacent to an activating group) is 1. The number of hydrogen-bond donors (Lipinski definition) is 2. The monoisotopic (exact) mass is 384 g/mol. The number of nitrogens with one attached hydrogen (secondary N) is 2. The molecule has 1 aromatic carbocycles. The van der Waals surface area contributed by atoms with Gasteiger partial charge >= 0.3 is 0 Å². The van der Waals surface area contributed by atoms with Crippen LogP contribution in [0, 0.1) is 13.8 Å². The first-order valence-corrected chi connectivity index (χ1v) is 9.92. The molecule has 28 heavy (non-hydrogen) atoms.